The largest absolute Gasteiger partial charge is 0.424 e. The van der Waals surface area contributed by atoms with Gasteiger partial charge >= 0.3 is 0 Å². The maximum Gasteiger partial charge on any atom is 0.230 e. The Morgan fingerprint density at radius 1 is 1.22 bits per heavy atom. The monoisotopic (exact) mass is 315 g/mol. The van der Waals surface area contributed by atoms with Crippen LogP contribution in [0.4, 0.5) is 0 Å². The third-order valence-electron chi connectivity index (χ3n) is 4.67. The average Bonchev–Trinajstić information content (AvgIpc) is 2.94. The Bertz CT molecular complexity index is 595. The van der Waals surface area contributed by atoms with Gasteiger partial charge in [-0.15, -0.1) is 10.2 Å². The van der Waals surface area contributed by atoms with E-state index in [1.165, 1.54) is 12.0 Å². The molecule has 0 aliphatic heterocycles. The fourth-order valence-corrected chi connectivity index (χ4v) is 2.88. The third kappa shape index (κ3) is 4.18. The molecule has 1 aliphatic rings. The van der Waals surface area contributed by atoms with Crippen molar-refractivity contribution < 1.29 is 9.52 Å². The summed E-state index contributed by atoms with van der Waals surface area (Å²) >= 11 is 0. The highest BCUT2D eigenvalue weighted by Gasteiger charge is 2.26. The number of aromatic nitrogens is 2. The smallest absolute Gasteiger partial charge is 0.230 e. The van der Waals surface area contributed by atoms with Crippen LogP contribution in [0.3, 0.4) is 0 Å². The van der Waals surface area contributed by atoms with Crippen LogP contribution >= 0.6 is 0 Å². The first kappa shape index (κ1) is 16.1. The maximum absolute atomic E-state index is 9.26. The molecule has 1 heterocycles. The Morgan fingerprint density at radius 3 is 2.65 bits per heavy atom. The number of hydrogen-bond donors (Lipinski definition) is 1. The van der Waals surface area contributed by atoms with Gasteiger partial charge in [0.1, 0.15) is 0 Å². The lowest BCUT2D eigenvalue weighted by Gasteiger charge is -2.27. The van der Waals surface area contributed by atoms with Crippen molar-refractivity contribution in [3.63, 3.8) is 0 Å². The van der Waals surface area contributed by atoms with Gasteiger partial charge in [-0.05, 0) is 31.7 Å². The van der Waals surface area contributed by atoms with Gasteiger partial charge in [0.25, 0.3) is 0 Å². The Balaban J connectivity index is 1.68. The molecule has 5 heteroatoms. The topological polar surface area (TPSA) is 62.4 Å². The lowest BCUT2D eigenvalue weighted by Crippen LogP contribution is -2.33. The Labute approximate surface area is 137 Å². The first-order chi connectivity index (χ1) is 11.3. The molecule has 1 atom stereocenters. The summed E-state index contributed by atoms with van der Waals surface area (Å²) in [4.78, 5) is 2.28. The minimum atomic E-state index is 0.184. The van der Waals surface area contributed by atoms with Crippen LogP contribution in [0.15, 0.2) is 34.7 Å². The predicted molar refractivity (Wildman–Crippen MR) is 87.7 cm³/mol. The van der Waals surface area contributed by atoms with Crippen molar-refractivity contribution in [2.24, 2.45) is 0 Å². The van der Waals surface area contributed by atoms with Crippen LogP contribution < -0.4 is 0 Å². The van der Waals surface area contributed by atoms with Gasteiger partial charge in [-0.1, -0.05) is 36.8 Å². The van der Waals surface area contributed by atoms with Gasteiger partial charge < -0.3 is 9.52 Å². The van der Waals surface area contributed by atoms with Crippen LogP contribution in [-0.4, -0.2) is 32.9 Å². The second kappa shape index (κ2) is 7.70. The molecule has 1 N–H and O–H groups in total. The van der Waals surface area contributed by atoms with E-state index in [4.69, 9.17) is 4.42 Å². The van der Waals surface area contributed by atoms with E-state index in [2.05, 4.69) is 34.2 Å². The molecule has 1 aromatic heterocycles. The van der Waals surface area contributed by atoms with Gasteiger partial charge in [0.05, 0.1) is 6.54 Å². The van der Waals surface area contributed by atoms with E-state index in [9.17, 15) is 5.11 Å². The Kier molecular flexibility index (Phi) is 5.41. The van der Waals surface area contributed by atoms with Crippen molar-refractivity contribution in [3.8, 4) is 0 Å². The first-order valence-corrected chi connectivity index (χ1v) is 8.47. The van der Waals surface area contributed by atoms with E-state index in [-0.39, 0.29) is 12.6 Å². The van der Waals surface area contributed by atoms with Gasteiger partial charge in [-0.2, -0.15) is 0 Å². The van der Waals surface area contributed by atoms with Gasteiger partial charge in [-0.3, -0.25) is 4.90 Å². The van der Waals surface area contributed by atoms with Crippen LogP contribution in [-0.2, 0) is 13.1 Å². The molecule has 0 spiro atoms. The summed E-state index contributed by atoms with van der Waals surface area (Å²) in [5.41, 5.74) is 1.25. The first-order valence-electron chi connectivity index (χ1n) is 8.47. The zero-order chi connectivity index (χ0) is 16.1. The van der Waals surface area contributed by atoms with Crippen LogP contribution in [0, 0.1) is 0 Å². The molecular formula is C18H25N3O2. The van der Waals surface area contributed by atoms with E-state index >= 15 is 0 Å². The van der Waals surface area contributed by atoms with Crippen molar-refractivity contribution in [3.05, 3.63) is 47.7 Å². The summed E-state index contributed by atoms with van der Waals surface area (Å²) in [5.74, 6) is 1.93. The molecule has 5 nitrogen and oxygen atoms in total. The number of rotatable bonds is 8. The molecule has 0 radical (unpaired) electrons. The molecule has 2 aromatic rings. The summed E-state index contributed by atoms with van der Waals surface area (Å²) in [6.45, 7) is 3.74. The summed E-state index contributed by atoms with van der Waals surface area (Å²) in [7, 11) is 0. The third-order valence-corrected chi connectivity index (χ3v) is 4.67. The fraction of sp³-hybridized carbons (Fsp3) is 0.556. The quantitative estimate of drug-likeness (QED) is 0.811. The van der Waals surface area contributed by atoms with Crippen molar-refractivity contribution >= 4 is 0 Å². The molecule has 1 aromatic carbocycles. The number of hydrogen-bond acceptors (Lipinski definition) is 5. The minimum Gasteiger partial charge on any atom is -0.424 e. The molecule has 0 amide bonds. The molecule has 1 aliphatic carbocycles. The number of benzene rings is 1. The molecule has 3 rings (SSSR count). The Morgan fingerprint density at radius 2 is 2.00 bits per heavy atom. The number of aliphatic hydroxyl groups is 1. The van der Waals surface area contributed by atoms with E-state index in [0.29, 0.717) is 18.4 Å². The van der Waals surface area contributed by atoms with Gasteiger partial charge in [0.15, 0.2) is 0 Å². The van der Waals surface area contributed by atoms with Crippen molar-refractivity contribution in [1.82, 2.24) is 15.1 Å². The van der Waals surface area contributed by atoms with Crippen LogP contribution in [0.25, 0.3) is 0 Å². The summed E-state index contributed by atoms with van der Waals surface area (Å²) in [5, 5.41) is 17.7. The highest BCUT2D eigenvalue weighted by atomic mass is 16.4. The van der Waals surface area contributed by atoms with Crippen LogP contribution in [0.2, 0.25) is 0 Å². The molecule has 124 valence electrons. The molecule has 23 heavy (non-hydrogen) atoms. The van der Waals surface area contributed by atoms with Gasteiger partial charge in [0.2, 0.25) is 11.8 Å². The summed E-state index contributed by atoms with van der Waals surface area (Å²) in [6, 6.07) is 10.6. The van der Waals surface area contributed by atoms with E-state index < -0.39 is 0 Å². The number of aliphatic hydroxyl groups excluding tert-OH is 1. The van der Waals surface area contributed by atoms with Crippen molar-refractivity contribution in [2.75, 3.05) is 6.61 Å². The average molecular weight is 315 g/mol. The lowest BCUT2D eigenvalue weighted by molar-refractivity contribution is 0.140. The lowest BCUT2D eigenvalue weighted by atomic mass is 9.85. The normalized spacial score (nSPS) is 16.5. The molecule has 0 bridgehead atoms. The molecule has 1 saturated carbocycles. The molecular weight excluding hydrogens is 290 g/mol. The molecule has 1 fully saturated rings. The standard InChI is InChI=1S/C18H25N3O2/c1-14(10-11-22)21(12-15-6-3-2-4-7-15)13-17-19-20-18(23-17)16-8-5-9-16/h2-4,6-7,14,16,22H,5,8-13H2,1H3. The van der Waals surface area contributed by atoms with Crippen molar-refractivity contribution in [2.45, 2.75) is 57.7 Å². The van der Waals surface area contributed by atoms with Crippen LogP contribution in [0.1, 0.15) is 55.9 Å². The zero-order valence-corrected chi connectivity index (χ0v) is 13.7. The molecule has 1 unspecified atom stereocenters. The minimum absolute atomic E-state index is 0.184. The second-order valence-electron chi connectivity index (χ2n) is 6.41. The Hall–Kier alpha value is -1.72. The van der Waals surface area contributed by atoms with Gasteiger partial charge in [0, 0.05) is 25.1 Å². The van der Waals surface area contributed by atoms with E-state index in [1.54, 1.807) is 0 Å². The van der Waals surface area contributed by atoms with E-state index in [0.717, 1.165) is 31.7 Å². The van der Waals surface area contributed by atoms with Gasteiger partial charge in [-0.25, -0.2) is 0 Å². The highest BCUT2D eigenvalue weighted by Crippen LogP contribution is 2.35. The second-order valence-corrected chi connectivity index (χ2v) is 6.41. The fourth-order valence-electron chi connectivity index (χ4n) is 2.88. The van der Waals surface area contributed by atoms with Crippen LogP contribution in [0.5, 0.6) is 0 Å². The maximum atomic E-state index is 9.26. The highest BCUT2D eigenvalue weighted by molar-refractivity contribution is 5.14. The predicted octanol–water partition coefficient (Wildman–Crippen LogP) is 3.11. The van der Waals surface area contributed by atoms with Crippen molar-refractivity contribution in [1.29, 1.82) is 0 Å². The number of nitrogens with zero attached hydrogens (tertiary/aromatic N) is 3. The molecule has 0 saturated heterocycles. The zero-order valence-electron chi connectivity index (χ0n) is 13.7. The summed E-state index contributed by atoms with van der Waals surface area (Å²) < 4.78 is 5.86. The SMILES string of the molecule is CC(CCO)N(Cc1ccccc1)Cc1nnc(C2CCC2)o1. The summed E-state index contributed by atoms with van der Waals surface area (Å²) in [6.07, 6.45) is 4.32. The van der Waals surface area contributed by atoms with E-state index in [1.807, 2.05) is 18.2 Å².